The van der Waals surface area contributed by atoms with Gasteiger partial charge in [0, 0.05) is 17.9 Å². The largest absolute Gasteiger partial charge is 0.330 e. The van der Waals surface area contributed by atoms with Gasteiger partial charge in [-0.2, -0.15) is 0 Å². The van der Waals surface area contributed by atoms with Crippen LogP contribution in [0, 0.1) is 5.92 Å². The quantitative estimate of drug-likeness (QED) is 0.883. The number of carbonyl (C=O) groups excluding carboxylic acids is 1. The van der Waals surface area contributed by atoms with E-state index in [-0.39, 0.29) is 29.6 Å². The van der Waals surface area contributed by atoms with Crippen LogP contribution in [0.4, 0.5) is 5.13 Å². The maximum atomic E-state index is 11.6. The third-order valence-electron chi connectivity index (χ3n) is 2.10. The number of anilines is 1. The van der Waals surface area contributed by atoms with Crippen molar-refractivity contribution in [3.8, 4) is 0 Å². The second-order valence-corrected chi connectivity index (χ2v) is 5.77. The van der Waals surface area contributed by atoms with E-state index < -0.39 is 0 Å². The molecule has 0 aliphatic carbocycles. The Balaban J connectivity index is 0.00000256. The van der Waals surface area contributed by atoms with Crippen LogP contribution in [0.1, 0.15) is 32.7 Å². The SMILES string of the molecule is CC(CN)C(=O)Nc1nnc(C(C)(C)C)s1.Cl. The van der Waals surface area contributed by atoms with Crippen molar-refractivity contribution in [1.82, 2.24) is 10.2 Å². The summed E-state index contributed by atoms with van der Waals surface area (Å²) in [4.78, 5) is 11.6. The van der Waals surface area contributed by atoms with Crippen molar-refractivity contribution in [2.75, 3.05) is 11.9 Å². The molecule has 1 heterocycles. The van der Waals surface area contributed by atoms with Crippen LogP contribution < -0.4 is 11.1 Å². The lowest BCUT2D eigenvalue weighted by Crippen LogP contribution is -2.26. The molecule has 0 aliphatic rings. The summed E-state index contributed by atoms with van der Waals surface area (Å²) >= 11 is 1.40. The first-order chi connectivity index (χ1) is 7.34. The molecule has 0 spiro atoms. The van der Waals surface area contributed by atoms with Crippen molar-refractivity contribution >= 4 is 34.8 Å². The lowest BCUT2D eigenvalue weighted by Gasteiger charge is -2.12. The molecule has 0 bridgehead atoms. The number of nitrogens with one attached hydrogen (secondary N) is 1. The molecule has 7 heteroatoms. The summed E-state index contributed by atoms with van der Waals surface area (Å²) in [6, 6.07) is 0. The fourth-order valence-electron chi connectivity index (χ4n) is 0.912. The molecule has 5 nitrogen and oxygen atoms in total. The van der Waals surface area contributed by atoms with Crippen molar-refractivity contribution < 1.29 is 4.79 Å². The second-order valence-electron chi connectivity index (χ2n) is 4.79. The van der Waals surface area contributed by atoms with Gasteiger partial charge in [-0.3, -0.25) is 4.79 Å². The highest BCUT2D eigenvalue weighted by Gasteiger charge is 2.20. The molecule has 1 amide bonds. The van der Waals surface area contributed by atoms with Crippen LogP contribution in [0.2, 0.25) is 0 Å². The highest BCUT2D eigenvalue weighted by atomic mass is 35.5. The highest BCUT2D eigenvalue weighted by Crippen LogP contribution is 2.27. The predicted molar refractivity (Wildman–Crippen MR) is 72.7 cm³/mol. The molecule has 3 N–H and O–H groups in total. The van der Waals surface area contributed by atoms with Gasteiger partial charge in [-0.15, -0.1) is 22.6 Å². The number of nitrogens with zero attached hydrogens (tertiary/aromatic N) is 2. The molecule has 1 aromatic heterocycles. The van der Waals surface area contributed by atoms with Crippen molar-refractivity contribution in [2.24, 2.45) is 11.7 Å². The third kappa shape index (κ3) is 4.57. The third-order valence-corrected chi connectivity index (χ3v) is 3.36. The van der Waals surface area contributed by atoms with E-state index in [0.29, 0.717) is 11.7 Å². The summed E-state index contributed by atoms with van der Waals surface area (Å²) in [5.74, 6) is -0.318. The number of hydrogen-bond donors (Lipinski definition) is 2. The Kier molecular flexibility index (Phi) is 6.01. The number of amides is 1. The Morgan fingerprint density at radius 1 is 1.47 bits per heavy atom. The number of carbonyl (C=O) groups is 1. The van der Waals surface area contributed by atoms with Gasteiger partial charge in [0.2, 0.25) is 11.0 Å². The van der Waals surface area contributed by atoms with Gasteiger partial charge in [-0.05, 0) is 0 Å². The van der Waals surface area contributed by atoms with E-state index >= 15 is 0 Å². The van der Waals surface area contributed by atoms with Gasteiger partial charge in [0.05, 0.1) is 0 Å². The Morgan fingerprint density at radius 3 is 2.47 bits per heavy atom. The molecule has 1 rings (SSSR count). The van der Waals surface area contributed by atoms with Gasteiger partial charge >= 0.3 is 0 Å². The zero-order valence-corrected chi connectivity index (χ0v) is 12.1. The topological polar surface area (TPSA) is 80.9 Å². The number of hydrogen-bond acceptors (Lipinski definition) is 5. The zero-order chi connectivity index (χ0) is 12.3. The van der Waals surface area contributed by atoms with Gasteiger partial charge in [0.25, 0.3) is 0 Å². The van der Waals surface area contributed by atoms with E-state index in [1.807, 2.05) is 0 Å². The molecule has 1 unspecified atom stereocenters. The molecule has 0 radical (unpaired) electrons. The average molecular weight is 279 g/mol. The average Bonchev–Trinajstić information content (AvgIpc) is 2.64. The maximum absolute atomic E-state index is 11.6. The van der Waals surface area contributed by atoms with E-state index in [2.05, 4.69) is 36.3 Å². The van der Waals surface area contributed by atoms with Crippen LogP contribution in [-0.2, 0) is 10.2 Å². The van der Waals surface area contributed by atoms with Crippen LogP contribution in [0.3, 0.4) is 0 Å². The molecule has 98 valence electrons. The first-order valence-corrected chi connectivity index (χ1v) is 6.01. The summed E-state index contributed by atoms with van der Waals surface area (Å²) in [6.07, 6.45) is 0. The number of nitrogens with two attached hydrogens (primary N) is 1. The van der Waals surface area contributed by atoms with Crippen LogP contribution in [-0.4, -0.2) is 22.6 Å². The highest BCUT2D eigenvalue weighted by molar-refractivity contribution is 7.15. The van der Waals surface area contributed by atoms with Crippen LogP contribution in [0.5, 0.6) is 0 Å². The fraction of sp³-hybridized carbons (Fsp3) is 0.700. The molecule has 1 atom stereocenters. The summed E-state index contributed by atoms with van der Waals surface area (Å²) in [6.45, 7) is 8.28. The van der Waals surface area contributed by atoms with E-state index in [0.717, 1.165) is 5.01 Å². The molecular formula is C10H19ClN4OS. The normalized spacial score (nSPS) is 12.8. The molecule has 0 saturated heterocycles. The lowest BCUT2D eigenvalue weighted by molar-refractivity contribution is -0.119. The summed E-state index contributed by atoms with van der Waals surface area (Å²) < 4.78 is 0. The van der Waals surface area contributed by atoms with E-state index in [9.17, 15) is 4.79 Å². The van der Waals surface area contributed by atoms with E-state index in [1.54, 1.807) is 6.92 Å². The Hall–Kier alpha value is -0.720. The van der Waals surface area contributed by atoms with Crippen LogP contribution in [0.15, 0.2) is 0 Å². The van der Waals surface area contributed by atoms with Gasteiger partial charge in [0.15, 0.2) is 0 Å². The standard InChI is InChI=1S/C10H18N4OS.ClH/c1-6(5-11)7(15)12-9-14-13-8(16-9)10(2,3)4;/h6H,5,11H2,1-4H3,(H,12,14,15);1H. The van der Waals surface area contributed by atoms with E-state index in [1.165, 1.54) is 11.3 Å². The minimum Gasteiger partial charge on any atom is -0.330 e. The number of aromatic nitrogens is 2. The van der Waals surface area contributed by atoms with Crippen LogP contribution >= 0.6 is 23.7 Å². The summed E-state index contributed by atoms with van der Waals surface area (Å²) in [5.41, 5.74) is 5.37. The van der Waals surface area contributed by atoms with Gasteiger partial charge < -0.3 is 11.1 Å². The minimum absolute atomic E-state index is 0. The minimum atomic E-state index is -0.206. The van der Waals surface area contributed by atoms with Crippen molar-refractivity contribution in [2.45, 2.75) is 33.1 Å². The maximum Gasteiger partial charge on any atom is 0.230 e. The molecule has 17 heavy (non-hydrogen) atoms. The lowest BCUT2D eigenvalue weighted by atomic mass is 9.98. The number of rotatable bonds is 3. The zero-order valence-electron chi connectivity index (χ0n) is 10.5. The monoisotopic (exact) mass is 278 g/mol. The smallest absolute Gasteiger partial charge is 0.230 e. The molecule has 0 aromatic carbocycles. The van der Waals surface area contributed by atoms with Gasteiger partial charge in [0.1, 0.15) is 5.01 Å². The van der Waals surface area contributed by atoms with Crippen molar-refractivity contribution in [3.05, 3.63) is 5.01 Å². The Labute approximate surface area is 112 Å². The Morgan fingerprint density at radius 2 is 2.06 bits per heavy atom. The molecule has 0 aliphatic heterocycles. The molecular weight excluding hydrogens is 260 g/mol. The van der Waals surface area contributed by atoms with Gasteiger partial charge in [-0.1, -0.05) is 39.0 Å². The Bertz CT molecular complexity index is 375. The molecule has 1 aromatic rings. The van der Waals surface area contributed by atoms with Crippen LogP contribution in [0.25, 0.3) is 0 Å². The second kappa shape index (κ2) is 6.28. The van der Waals surface area contributed by atoms with Crippen molar-refractivity contribution in [1.29, 1.82) is 0 Å². The predicted octanol–water partition coefficient (Wildman–Crippen LogP) is 1.79. The summed E-state index contributed by atoms with van der Waals surface area (Å²) in [5, 5.41) is 12.1. The first-order valence-electron chi connectivity index (χ1n) is 5.19. The van der Waals surface area contributed by atoms with Gasteiger partial charge in [-0.25, -0.2) is 0 Å². The first kappa shape index (κ1) is 16.3. The fourth-order valence-corrected chi connectivity index (χ4v) is 1.72. The summed E-state index contributed by atoms with van der Waals surface area (Å²) in [7, 11) is 0. The molecule has 0 fully saturated rings. The molecule has 0 saturated carbocycles. The number of halogens is 1. The van der Waals surface area contributed by atoms with E-state index in [4.69, 9.17) is 5.73 Å². The van der Waals surface area contributed by atoms with Crippen molar-refractivity contribution in [3.63, 3.8) is 0 Å².